The van der Waals surface area contributed by atoms with E-state index in [1.807, 2.05) is 18.3 Å². The minimum atomic E-state index is -1.08. The Kier molecular flexibility index (Phi) is 6.02. The summed E-state index contributed by atoms with van der Waals surface area (Å²) in [5.41, 5.74) is 0. The Morgan fingerprint density at radius 3 is 2.36 bits per heavy atom. The second-order valence-corrected chi connectivity index (χ2v) is 4.63. The summed E-state index contributed by atoms with van der Waals surface area (Å²) in [5, 5.41) is 8.89. The number of hydrogen-bond donors (Lipinski definition) is 0. The predicted molar refractivity (Wildman–Crippen MR) is 34.6 cm³/mol. The molecule has 1 aromatic heterocycles. The molecule has 1 aromatic rings. The number of rotatable bonds is 0. The zero-order chi connectivity index (χ0) is 8.69. The van der Waals surface area contributed by atoms with Gasteiger partial charge in [-0.25, -0.2) is 0 Å². The van der Waals surface area contributed by atoms with Crippen molar-refractivity contribution < 1.29 is 36.0 Å². The van der Waals surface area contributed by atoms with Gasteiger partial charge in [-0.2, -0.15) is 0 Å². The number of carbonyl (C=O) groups excluding carboxylic acids is 1. The number of hydrogen-bond acceptors (Lipinski definition) is 3. The summed E-state index contributed by atoms with van der Waals surface area (Å²) in [7, 11) is 0. The van der Waals surface area contributed by atoms with E-state index >= 15 is 0 Å². The van der Waals surface area contributed by atoms with Gasteiger partial charge in [-0.1, -0.05) is 0 Å². The molecule has 3 nitrogen and oxygen atoms in total. The number of nitrogens with zero attached hydrogens (tertiary/aromatic N) is 1. The van der Waals surface area contributed by atoms with E-state index in [2.05, 4.69) is 11.1 Å². The van der Waals surface area contributed by atoms with E-state index in [1.165, 1.54) is 3.20 Å². The van der Waals surface area contributed by atoms with Gasteiger partial charge in [0, 0.05) is 5.97 Å². The summed E-state index contributed by atoms with van der Waals surface area (Å²) in [5.74, 6) is -1.08. The molecule has 1 rings (SSSR count). The third kappa shape index (κ3) is 9.56. The third-order valence-electron chi connectivity index (χ3n) is 0.726. The van der Waals surface area contributed by atoms with E-state index in [1.54, 1.807) is 0 Å². The molecule has 0 saturated carbocycles. The van der Waals surface area contributed by atoms with Crippen LogP contribution in [0.4, 0.5) is 0 Å². The van der Waals surface area contributed by atoms with Crippen LogP contribution >= 0.6 is 0 Å². The van der Waals surface area contributed by atoms with E-state index in [4.69, 9.17) is 9.90 Å². The normalized spacial score (nSPS) is 7.91. The topological polar surface area (TPSA) is 53.0 Å². The maximum atomic E-state index is 8.89. The van der Waals surface area contributed by atoms with Crippen LogP contribution in [0.2, 0.25) is 0 Å². The van der Waals surface area contributed by atoms with Gasteiger partial charge in [0.25, 0.3) is 0 Å². The van der Waals surface area contributed by atoms with E-state index < -0.39 is 5.97 Å². The van der Waals surface area contributed by atoms with E-state index in [0.717, 1.165) is 6.92 Å². The fraction of sp³-hybridized carbons (Fsp3) is 0.143. The first-order valence-electron chi connectivity index (χ1n) is 3.03. The summed E-state index contributed by atoms with van der Waals surface area (Å²) in [6.45, 7) is 0.972. The Labute approximate surface area is 81.4 Å². The van der Waals surface area contributed by atoms with Gasteiger partial charge >= 0.3 is 58.7 Å². The molecular formula is C7H7HgNO2. The molecule has 54 valence electrons. The molecule has 0 radical (unpaired) electrons. The molecular weight excluding hydrogens is 331 g/mol. The van der Waals surface area contributed by atoms with Crippen molar-refractivity contribution in [3.05, 3.63) is 24.4 Å². The first kappa shape index (κ1) is 10.6. The van der Waals surface area contributed by atoms with Crippen LogP contribution in [-0.2, 0) is 30.9 Å². The molecule has 0 saturated heterocycles. The second-order valence-electron chi connectivity index (χ2n) is 1.81. The van der Waals surface area contributed by atoms with E-state index in [9.17, 15) is 0 Å². The molecule has 0 bridgehead atoms. The number of carboxylic acids is 1. The number of carboxylic acid groups (broad SMARTS) is 1. The molecule has 1 heterocycles. The summed E-state index contributed by atoms with van der Waals surface area (Å²) >= 11 is 0.699. The number of pyridine rings is 1. The minimum absolute atomic E-state index is 0.699. The van der Waals surface area contributed by atoms with Crippen LogP contribution in [0.1, 0.15) is 6.92 Å². The van der Waals surface area contributed by atoms with Crippen LogP contribution in [0, 0.1) is 0 Å². The van der Waals surface area contributed by atoms with Crippen LogP contribution in [0.15, 0.2) is 24.4 Å². The van der Waals surface area contributed by atoms with Gasteiger partial charge in [0.05, 0.1) is 0 Å². The maximum absolute atomic E-state index is 8.89. The fourth-order valence-corrected chi connectivity index (χ4v) is 1.34. The zero-order valence-electron chi connectivity index (χ0n) is 6.28. The summed E-state index contributed by atoms with van der Waals surface area (Å²) < 4.78 is 1.27. The first-order valence-corrected chi connectivity index (χ1v) is 5.78. The Balaban J connectivity index is 0.000000218. The first-order chi connectivity index (χ1) is 5.13. The summed E-state index contributed by atoms with van der Waals surface area (Å²) in [6.07, 6.45) is 1.84. The number of aromatic nitrogens is 1. The van der Waals surface area contributed by atoms with Crippen molar-refractivity contribution >= 4 is 9.17 Å². The molecule has 0 atom stereocenters. The van der Waals surface area contributed by atoms with Gasteiger partial charge in [0.1, 0.15) is 0 Å². The summed E-state index contributed by atoms with van der Waals surface area (Å²) in [6, 6.07) is 6.02. The fourth-order valence-electron chi connectivity index (χ4n) is 0.398. The van der Waals surface area contributed by atoms with Gasteiger partial charge in [0.15, 0.2) is 0 Å². The van der Waals surface area contributed by atoms with Crippen molar-refractivity contribution in [2.45, 2.75) is 6.92 Å². The van der Waals surface area contributed by atoms with Gasteiger partial charge in [-0.05, 0) is 6.92 Å². The molecule has 0 fully saturated rings. The number of aliphatic carboxylic acids is 1. The van der Waals surface area contributed by atoms with Gasteiger partial charge < -0.3 is 9.90 Å². The van der Waals surface area contributed by atoms with Gasteiger partial charge in [0.2, 0.25) is 0 Å². The molecule has 0 N–H and O–H groups in total. The molecule has 0 aliphatic heterocycles. The monoisotopic (exact) mass is 339 g/mol. The van der Waals surface area contributed by atoms with Crippen LogP contribution in [-0.4, -0.2) is 11.0 Å². The van der Waals surface area contributed by atoms with E-state index in [-0.39, 0.29) is 0 Å². The van der Waals surface area contributed by atoms with Crippen molar-refractivity contribution in [3.63, 3.8) is 0 Å². The quantitative estimate of drug-likeness (QED) is 0.571. The zero-order valence-corrected chi connectivity index (χ0v) is 11.8. The average molecular weight is 338 g/mol. The van der Waals surface area contributed by atoms with Crippen LogP contribution in [0.5, 0.6) is 0 Å². The second kappa shape index (κ2) is 6.28. The Hall–Kier alpha value is -0.445. The average Bonchev–Trinajstić information content (AvgIpc) is 1.87. The Bertz CT molecular complexity index is 209. The molecule has 0 amide bonds. The van der Waals surface area contributed by atoms with Crippen molar-refractivity contribution in [1.29, 1.82) is 0 Å². The van der Waals surface area contributed by atoms with Crippen molar-refractivity contribution in [2.24, 2.45) is 0 Å². The van der Waals surface area contributed by atoms with Gasteiger partial charge in [-0.15, -0.1) is 0 Å². The van der Waals surface area contributed by atoms with Crippen LogP contribution in [0.3, 0.4) is 0 Å². The SMILES string of the molecule is CC(=O)[O-].[Hg+][c]1ccccn1. The molecule has 0 aliphatic carbocycles. The molecule has 11 heavy (non-hydrogen) atoms. The van der Waals surface area contributed by atoms with Gasteiger partial charge in [-0.3, -0.25) is 0 Å². The number of carbonyl (C=O) groups is 1. The predicted octanol–water partition coefficient (Wildman–Crippen LogP) is -0.990. The standard InChI is InChI=1S/C5H4N.C2H4O2.Hg/c1-2-4-6-5-3-1;1-2(3)4;/h1-4H;1H3,(H,3,4);/q;;+1/p-1. The van der Waals surface area contributed by atoms with Crippen molar-refractivity contribution in [2.75, 3.05) is 0 Å². The van der Waals surface area contributed by atoms with Crippen LogP contribution < -0.4 is 8.31 Å². The molecule has 4 heteroatoms. The Morgan fingerprint density at radius 1 is 1.64 bits per heavy atom. The molecule has 0 spiro atoms. The van der Waals surface area contributed by atoms with Crippen LogP contribution in [0.25, 0.3) is 0 Å². The molecule has 0 aliphatic rings. The Morgan fingerprint density at radius 2 is 2.18 bits per heavy atom. The molecule has 0 unspecified atom stereocenters. The van der Waals surface area contributed by atoms with E-state index in [0.29, 0.717) is 26.1 Å². The summed E-state index contributed by atoms with van der Waals surface area (Å²) in [4.78, 5) is 13.0. The molecule has 0 aromatic carbocycles. The van der Waals surface area contributed by atoms with Crippen molar-refractivity contribution in [1.82, 2.24) is 4.98 Å². The third-order valence-corrected chi connectivity index (χ3v) is 2.35. The van der Waals surface area contributed by atoms with Crippen molar-refractivity contribution in [3.8, 4) is 0 Å².